The van der Waals surface area contributed by atoms with Gasteiger partial charge in [-0.25, -0.2) is 9.37 Å². The first-order valence-corrected chi connectivity index (χ1v) is 7.47. The number of anilines is 1. The van der Waals surface area contributed by atoms with Gasteiger partial charge in [0.25, 0.3) is 5.91 Å². The van der Waals surface area contributed by atoms with Crippen molar-refractivity contribution in [3.63, 3.8) is 0 Å². The van der Waals surface area contributed by atoms with Crippen molar-refractivity contribution < 1.29 is 18.7 Å². The Kier molecular flexibility index (Phi) is 4.73. The predicted molar refractivity (Wildman–Crippen MR) is 83.5 cm³/mol. The van der Waals surface area contributed by atoms with Crippen molar-refractivity contribution in [1.29, 1.82) is 0 Å². The number of para-hydroxylation sites is 1. The Labute approximate surface area is 137 Å². The third-order valence-corrected chi connectivity index (χ3v) is 3.63. The quantitative estimate of drug-likeness (QED) is 0.930. The Morgan fingerprint density at radius 2 is 2.26 bits per heavy atom. The number of aromatic nitrogens is 1. The topological polar surface area (TPSA) is 60.5 Å². The molecular formula is C16H14ClFN2O3. The van der Waals surface area contributed by atoms with Gasteiger partial charge in [-0.2, -0.15) is 0 Å². The number of ether oxygens (including phenoxy) is 2. The number of nitrogens with zero attached hydrogens (tertiary/aromatic N) is 1. The summed E-state index contributed by atoms with van der Waals surface area (Å²) in [6.45, 7) is 1.14. The third-order valence-electron chi connectivity index (χ3n) is 3.36. The Hall–Kier alpha value is -2.18. The van der Waals surface area contributed by atoms with E-state index in [2.05, 4.69) is 10.3 Å². The summed E-state index contributed by atoms with van der Waals surface area (Å²) < 4.78 is 24.4. The van der Waals surface area contributed by atoms with Gasteiger partial charge in [0.1, 0.15) is 16.9 Å². The summed E-state index contributed by atoms with van der Waals surface area (Å²) in [6, 6.07) is 7.35. The van der Waals surface area contributed by atoms with Crippen LogP contribution in [-0.2, 0) is 4.74 Å². The van der Waals surface area contributed by atoms with Gasteiger partial charge in [-0.15, -0.1) is 0 Å². The number of pyridine rings is 1. The molecule has 23 heavy (non-hydrogen) atoms. The van der Waals surface area contributed by atoms with E-state index in [1.165, 1.54) is 24.4 Å². The Balaban J connectivity index is 1.71. The zero-order valence-electron chi connectivity index (χ0n) is 12.1. The van der Waals surface area contributed by atoms with Crippen molar-refractivity contribution in [1.82, 2.24) is 4.98 Å². The van der Waals surface area contributed by atoms with Gasteiger partial charge in [-0.3, -0.25) is 4.79 Å². The molecule has 1 aromatic heterocycles. The van der Waals surface area contributed by atoms with Crippen molar-refractivity contribution in [3.05, 3.63) is 52.9 Å². The van der Waals surface area contributed by atoms with E-state index in [1.54, 1.807) is 12.1 Å². The number of amides is 1. The lowest BCUT2D eigenvalue weighted by atomic mass is 10.2. The fourth-order valence-corrected chi connectivity index (χ4v) is 2.37. The molecule has 3 rings (SSSR count). The molecule has 5 nitrogen and oxygen atoms in total. The standard InChI is InChI=1S/C16H14ClFN2O3/c17-12-7-10(8-19-16(12)23-11-5-6-22-9-11)15(21)20-14-4-2-1-3-13(14)18/h1-4,7-8,11H,5-6,9H2,(H,20,21)/t11-/m1/s1. The molecule has 7 heteroatoms. The number of benzene rings is 1. The molecule has 1 N–H and O–H groups in total. The van der Waals surface area contributed by atoms with E-state index in [0.29, 0.717) is 13.2 Å². The monoisotopic (exact) mass is 336 g/mol. The average molecular weight is 337 g/mol. The second-order valence-corrected chi connectivity index (χ2v) is 5.46. The summed E-state index contributed by atoms with van der Waals surface area (Å²) in [7, 11) is 0. The van der Waals surface area contributed by atoms with Crippen molar-refractivity contribution in [2.45, 2.75) is 12.5 Å². The molecule has 0 unspecified atom stereocenters. The van der Waals surface area contributed by atoms with Crippen LogP contribution in [0.25, 0.3) is 0 Å². The molecule has 2 aromatic rings. The number of rotatable bonds is 4. The maximum absolute atomic E-state index is 13.5. The fourth-order valence-electron chi connectivity index (χ4n) is 2.16. The highest BCUT2D eigenvalue weighted by Gasteiger charge is 2.20. The highest BCUT2D eigenvalue weighted by Crippen LogP contribution is 2.25. The number of halogens is 2. The smallest absolute Gasteiger partial charge is 0.257 e. The van der Waals surface area contributed by atoms with Crippen LogP contribution < -0.4 is 10.1 Å². The zero-order valence-corrected chi connectivity index (χ0v) is 12.8. The van der Waals surface area contributed by atoms with Crippen LogP contribution in [0.15, 0.2) is 36.5 Å². The van der Waals surface area contributed by atoms with E-state index in [4.69, 9.17) is 21.1 Å². The van der Waals surface area contributed by atoms with E-state index in [0.717, 1.165) is 6.42 Å². The molecule has 1 aliphatic rings. The molecule has 1 atom stereocenters. The van der Waals surface area contributed by atoms with Crippen LogP contribution >= 0.6 is 11.6 Å². The van der Waals surface area contributed by atoms with Crippen molar-refractivity contribution in [2.24, 2.45) is 0 Å². The van der Waals surface area contributed by atoms with Gasteiger partial charge >= 0.3 is 0 Å². The molecule has 0 saturated carbocycles. The fraction of sp³-hybridized carbons (Fsp3) is 0.250. The van der Waals surface area contributed by atoms with Gasteiger partial charge in [0.2, 0.25) is 5.88 Å². The average Bonchev–Trinajstić information content (AvgIpc) is 3.04. The minimum absolute atomic E-state index is 0.0851. The summed E-state index contributed by atoms with van der Waals surface area (Å²) in [5, 5.41) is 2.69. The first-order valence-electron chi connectivity index (χ1n) is 7.09. The molecule has 0 bridgehead atoms. The molecule has 0 radical (unpaired) electrons. The number of hydrogen-bond donors (Lipinski definition) is 1. The van der Waals surface area contributed by atoms with E-state index < -0.39 is 11.7 Å². The highest BCUT2D eigenvalue weighted by molar-refractivity contribution is 6.32. The van der Waals surface area contributed by atoms with Crippen LogP contribution in [0.2, 0.25) is 5.02 Å². The van der Waals surface area contributed by atoms with Crippen LogP contribution in [0.3, 0.4) is 0 Å². The van der Waals surface area contributed by atoms with Gasteiger partial charge in [0, 0.05) is 12.6 Å². The second kappa shape index (κ2) is 6.93. The van der Waals surface area contributed by atoms with Crippen molar-refractivity contribution in [3.8, 4) is 5.88 Å². The maximum atomic E-state index is 13.5. The molecule has 0 spiro atoms. The zero-order chi connectivity index (χ0) is 16.2. The first-order chi connectivity index (χ1) is 11.1. The Bertz CT molecular complexity index is 720. The Morgan fingerprint density at radius 3 is 2.96 bits per heavy atom. The Morgan fingerprint density at radius 1 is 1.43 bits per heavy atom. The van der Waals surface area contributed by atoms with Gasteiger partial charge in [-0.05, 0) is 18.2 Å². The van der Waals surface area contributed by atoms with Gasteiger partial charge < -0.3 is 14.8 Å². The lowest BCUT2D eigenvalue weighted by molar-refractivity contribution is 0.102. The third kappa shape index (κ3) is 3.78. The minimum Gasteiger partial charge on any atom is -0.471 e. The van der Waals surface area contributed by atoms with Crippen LogP contribution in [0.1, 0.15) is 16.8 Å². The molecule has 1 aliphatic heterocycles. The van der Waals surface area contributed by atoms with Crippen molar-refractivity contribution in [2.75, 3.05) is 18.5 Å². The predicted octanol–water partition coefficient (Wildman–Crippen LogP) is 3.29. The molecule has 120 valence electrons. The second-order valence-electron chi connectivity index (χ2n) is 5.05. The van der Waals surface area contributed by atoms with Gasteiger partial charge in [0.05, 0.1) is 24.5 Å². The summed E-state index contributed by atoms with van der Waals surface area (Å²) in [6.07, 6.45) is 2.03. The molecule has 1 aromatic carbocycles. The number of carbonyl (C=O) groups excluding carboxylic acids is 1. The number of carbonyl (C=O) groups is 1. The molecule has 0 aliphatic carbocycles. The van der Waals surface area contributed by atoms with Crippen LogP contribution in [0.4, 0.5) is 10.1 Å². The molecular weight excluding hydrogens is 323 g/mol. The minimum atomic E-state index is -0.513. The lowest BCUT2D eigenvalue weighted by Crippen LogP contribution is -2.17. The number of hydrogen-bond acceptors (Lipinski definition) is 4. The SMILES string of the molecule is O=C(Nc1ccccc1F)c1cnc(O[C@@H]2CCOC2)c(Cl)c1. The molecule has 1 saturated heterocycles. The summed E-state index contributed by atoms with van der Waals surface area (Å²) in [5.41, 5.74) is 0.310. The summed E-state index contributed by atoms with van der Waals surface area (Å²) in [5.74, 6) is -0.758. The normalized spacial score (nSPS) is 17.0. The largest absolute Gasteiger partial charge is 0.471 e. The highest BCUT2D eigenvalue weighted by atomic mass is 35.5. The molecule has 1 amide bonds. The van der Waals surface area contributed by atoms with Crippen LogP contribution in [-0.4, -0.2) is 30.2 Å². The first kappa shape index (κ1) is 15.7. The van der Waals surface area contributed by atoms with Crippen molar-refractivity contribution >= 4 is 23.2 Å². The van der Waals surface area contributed by atoms with E-state index in [1.807, 2.05) is 0 Å². The lowest BCUT2D eigenvalue weighted by Gasteiger charge is -2.12. The number of nitrogens with one attached hydrogen (secondary N) is 1. The molecule has 2 heterocycles. The van der Waals surface area contributed by atoms with E-state index in [-0.39, 0.29) is 28.3 Å². The maximum Gasteiger partial charge on any atom is 0.257 e. The van der Waals surface area contributed by atoms with Gasteiger partial charge in [-0.1, -0.05) is 23.7 Å². The van der Waals surface area contributed by atoms with Crippen LogP contribution in [0.5, 0.6) is 5.88 Å². The summed E-state index contributed by atoms with van der Waals surface area (Å²) >= 11 is 6.10. The van der Waals surface area contributed by atoms with Gasteiger partial charge in [0.15, 0.2) is 0 Å². The van der Waals surface area contributed by atoms with E-state index in [9.17, 15) is 9.18 Å². The van der Waals surface area contributed by atoms with Crippen LogP contribution in [0, 0.1) is 5.82 Å². The molecule has 1 fully saturated rings. The van der Waals surface area contributed by atoms with E-state index >= 15 is 0 Å². The summed E-state index contributed by atoms with van der Waals surface area (Å²) in [4.78, 5) is 16.2.